The van der Waals surface area contributed by atoms with Crippen LogP contribution in [0.5, 0.6) is 0 Å². The number of aromatic nitrogens is 3. The van der Waals surface area contributed by atoms with Crippen LogP contribution in [0.15, 0.2) is 29.9 Å². The van der Waals surface area contributed by atoms with E-state index in [-0.39, 0.29) is 0 Å². The Bertz CT molecular complexity index is 698. The van der Waals surface area contributed by atoms with Crippen LogP contribution in [0.4, 0.5) is 0 Å². The molecule has 17 heavy (non-hydrogen) atoms. The first-order valence-corrected chi connectivity index (χ1v) is 7.09. The van der Waals surface area contributed by atoms with Crippen molar-refractivity contribution in [3.8, 4) is 11.4 Å². The van der Waals surface area contributed by atoms with E-state index in [0.717, 1.165) is 19.4 Å². The van der Waals surface area contributed by atoms with Crippen LogP contribution < -0.4 is 0 Å². The van der Waals surface area contributed by atoms with Gasteiger partial charge < -0.3 is 0 Å². The Morgan fingerprint density at radius 2 is 2.12 bits per heavy atom. The number of pyridine rings is 1. The van der Waals surface area contributed by atoms with Gasteiger partial charge in [0.2, 0.25) is 0 Å². The van der Waals surface area contributed by atoms with E-state index in [1.165, 1.54) is 0 Å². The van der Waals surface area contributed by atoms with Crippen LogP contribution in [0, 0.1) is 3.57 Å². The second-order valence-electron chi connectivity index (χ2n) is 3.36. The van der Waals surface area contributed by atoms with E-state index in [4.69, 9.17) is 11.6 Å². The molecule has 3 nitrogen and oxygen atoms in total. The lowest BCUT2D eigenvalue weighted by Gasteiger charge is -2.01. The van der Waals surface area contributed by atoms with Gasteiger partial charge in [-0.15, -0.1) is 11.3 Å². The van der Waals surface area contributed by atoms with Crippen molar-refractivity contribution in [2.24, 2.45) is 0 Å². The lowest BCUT2D eigenvalue weighted by atomic mass is 10.2. The van der Waals surface area contributed by atoms with E-state index < -0.39 is 0 Å². The third-order valence-corrected chi connectivity index (χ3v) is 4.51. The molecule has 0 bridgehead atoms. The molecule has 0 aliphatic rings. The number of nitrogens with zero attached hydrogens (tertiary/aromatic N) is 3. The molecule has 0 saturated carbocycles. The molecule has 0 aliphatic heterocycles. The molecule has 0 amide bonds. The zero-order valence-electron chi connectivity index (χ0n) is 8.39. The Labute approximate surface area is 120 Å². The molecule has 6 heteroatoms. The van der Waals surface area contributed by atoms with E-state index in [1.807, 2.05) is 17.5 Å². The lowest BCUT2D eigenvalue weighted by Crippen LogP contribution is -1.91. The van der Waals surface area contributed by atoms with E-state index in [1.54, 1.807) is 23.7 Å². The van der Waals surface area contributed by atoms with Gasteiger partial charge in [0.25, 0.3) is 0 Å². The van der Waals surface area contributed by atoms with Crippen LogP contribution in [-0.2, 0) is 0 Å². The summed E-state index contributed by atoms with van der Waals surface area (Å²) < 4.78 is 1.97. The van der Waals surface area contributed by atoms with Gasteiger partial charge in [-0.05, 0) is 40.1 Å². The van der Waals surface area contributed by atoms with Crippen LogP contribution in [0.1, 0.15) is 0 Å². The molecule has 0 aromatic carbocycles. The summed E-state index contributed by atoms with van der Waals surface area (Å²) in [5, 5.41) is 2.49. The molecule has 84 valence electrons. The van der Waals surface area contributed by atoms with Crippen LogP contribution in [0.3, 0.4) is 0 Å². The van der Waals surface area contributed by atoms with Gasteiger partial charge in [0, 0.05) is 18.0 Å². The number of hydrogen-bond donors (Lipinski definition) is 0. The van der Waals surface area contributed by atoms with Gasteiger partial charge in [-0.2, -0.15) is 0 Å². The number of halogens is 2. The molecule has 0 fully saturated rings. The summed E-state index contributed by atoms with van der Waals surface area (Å²) in [5.74, 6) is 0.609. The normalized spacial score (nSPS) is 10.9. The van der Waals surface area contributed by atoms with Gasteiger partial charge >= 0.3 is 0 Å². The highest BCUT2D eigenvalue weighted by Gasteiger charge is 2.07. The van der Waals surface area contributed by atoms with E-state index in [9.17, 15) is 0 Å². The Morgan fingerprint density at radius 3 is 2.94 bits per heavy atom. The maximum absolute atomic E-state index is 5.98. The topological polar surface area (TPSA) is 38.7 Å². The first kappa shape index (κ1) is 11.3. The molecule has 0 atom stereocenters. The summed E-state index contributed by atoms with van der Waals surface area (Å²) in [5.41, 5.74) is 1.88. The Balaban J connectivity index is 2.16. The van der Waals surface area contributed by atoms with Gasteiger partial charge in [-0.25, -0.2) is 9.97 Å². The summed E-state index contributed by atoms with van der Waals surface area (Å²) in [6.45, 7) is 0. The Hall–Kier alpha value is -0.790. The molecule has 3 heterocycles. The zero-order chi connectivity index (χ0) is 11.8. The molecule has 3 rings (SSSR count). The Morgan fingerprint density at radius 1 is 1.24 bits per heavy atom. The van der Waals surface area contributed by atoms with Crippen molar-refractivity contribution in [3.05, 3.63) is 38.6 Å². The summed E-state index contributed by atoms with van der Waals surface area (Å²) in [6.07, 6.45) is 3.48. The molecule has 0 spiro atoms. The van der Waals surface area contributed by atoms with Gasteiger partial charge in [-0.1, -0.05) is 11.6 Å². The van der Waals surface area contributed by atoms with Crippen molar-refractivity contribution < 1.29 is 0 Å². The van der Waals surface area contributed by atoms with Crippen molar-refractivity contribution in [1.82, 2.24) is 15.0 Å². The first-order valence-electron chi connectivity index (χ1n) is 4.76. The van der Waals surface area contributed by atoms with Gasteiger partial charge in [0.1, 0.15) is 5.15 Å². The van der Waals surface area contributed by atoms with Gasteiger partial charge in [0.05, 0.1) is 13.8 Å². The SMILES string of the molecule is Clc1nc(-c2cnc3ccsc3c2)ncc1I. The highest BCUT2D eigenvalue weighted by atomic mass is 127. The highest BCUT2D eigenvalue weighted by Crippen LogP contribution is 2.25. The summed E-state index contributed by atoms with van der Waals surface area (Å²) in [7, 11) is 0. The molecular formula is C11H5ClIN3S. The van der Waals surface area contributed by atoms with Crippen molar-refractivity contribution in [2.75, 3.05) is 0 Å². The molecule has 0 aliphatic carbocycles. The minimum atomic E-state index is 0.474. The monoisotopic (exact) mass is 373 g/mol. The molecular weight excluding hydrogens is 369 g/mol. The number of hydrogen-bond acceptors (Lipinski definition) is 4. The minimum Gasteiger partial charge on any atom is -0.255 e. The minimum absolute atomic E-state index is 0.474. The average Bonchev–Trinajstić information content (AvgIpc) is 2.79. The number of fused-ring (bicyclic) bond motifs is 1. The Kier molecular flexibility index (Phi) is 2.97. The quantitative estimate of drug-likeness (QED) is 0.478. The summed E-state index contributed by atoms with van der Waals surface area (Å²) >= 11 is 9.74. The molecule has 0 radical (unpaired) electrons. The second kappa shape index (κ2) is 4.47. The van der Waals surface area contributed by atoms with Gasteiger partial charge in [-0.3, -0.25) is 4.98 Å². The predicted molar refractivity (Wildman–Crippen MR) is 78.4 cm³/mol. The fourth-order valence-electron chi connectivity index (χ4n) is 1.45. The maximum atomic E-state index is 5.98. The third-order valence-electron chi connectivity index (χ3n) is 2.26. The first-order chi connectivity index (χ1) is 8.24. The van der Waals surface area contributed by atoms with Gasteiger partial charge in [0.15, 0.2) is 5.82 Å². The average molecular weight is 374 g/mol. The molecule has 3 aromatic heterocycles. The van der Waals surface area contributed by atoms with Crippen LogP contribution >= 0.6 is 45.5 Å². The number of rotatable bonds is 1. The lowest BCUT2D eigenvalue weighted by molar-refractivity contribution is 1.15. The molecule has 0 saturated heterocycles. The summed E-state index contributed by atoms with van der Waals surface area (Å²) in [6, 6.07) is 4.02. The molecule has 0 N–H and O–H groups in total. The van der Waals surface area contributed by atoms with E-state index >= 15 is 0 Å². The third kappa shape index (κ3) is 2.14. The second-order valence-corrected chi connectivity index (χ2v) is 5.83. The van der Waals surface area contributed by atoms with E-state index in [2.05, 4.69) is 37.5 Å². The van der Waals surface area contributed by atoms with Crippen molar-refractivity contribution in [2.45, 2.75) is 0 Å². The van der Waals surface area contributed by atoms with Crippen LogP contribution in [0.25, 0.3) is 21.6 Å². The van der Waals surface area contributed by atoms with Crippen molar-refractivity contribution >= 4 is 55.7 Å². The smallest absolute Gasteiger partial charge is 0.162 e. The molecule has 3 aromatic rings. The zero-order valence-corrected chi connectivity index (χ0v) is 12.1. The number of thiophene rings is 1. The fourth-order valence-corrected chi connectivity index (χ4v) is 2.62. The largest absolute Gasteiger partial charge is 0.255 e. The highest BCUT2D eigenvalue weighted by molar-refractivity contribution is 14.1. The standard InChI is InChI=1S/C11H5ClIN3S/c12-10-7(13)5-15-11(16-10)6-3-9-8(14-4-6)1-2-17-9/h1-5H. The van der Waals surface area contributed by atoms with Crippen molar-refractivity contribution in [1.29, 1.82) is 0 Å². The molecule has 0 unspecified atom stereocenters. The van der Waals surface area contributed by atoms with Crippen molar-refractivity contribution in [3.63, 3.8) is 0 Å². The fraction of sp³-hybridized carbons (Fsp3) is 0. The predicted octanol–water partition coefficient (Wildman–Crippen LogP) is 4.01. The maximum Gasteiger partial charge on any atom is 0.162 e. The van der Waals surface area contributed by atoms with E-state index in [0.29, 0.717) is 11.0 Å². The summed E-state index contributed by atoms with van der Waals surface area (Å²) in [4.78, 5) is 12.9. The van der Waals surface area contributed by atoms with Crippen LogP contribution in [-0.4, -0.2) is 15.0 Å². The van der Waals surface area contributed by atoms with Crippen LogP contribution in [0.2, 0.25) is 5.15 Å².